The van der Waals surface area contributed by atoms with E-state index in [2.05, 4.69) is 12.2 Å². The maximum atomic E-state index is 13.1. The van der Waals surface area contributed by atoms with E-state index >= 15 is 0 Å². The van der Waals surface area contributed by atoms with Gasteiger partial charge in [-0.3, -0.25) is 9.59 Å². The fourth-order valence-corrected chi connectivity index (χ4v) is 7.32. The molecule has 2 aliphatic heterocycles. The highest BCUT2D eigenvalue weighted by Gasteiger charge is 2.47. The number of benzene rings is 4. The van der Waals surface area contributed by atoms with Crippen LogP contribution in [0.4, 0.5) is 13.2 Å². The fraction of sp³-hybridized carbons (Fsp3) is 0.381. The van der Waals surface area contributed by atoms with E-state index in [-0.39, 0.29) is 50.0 Å². The van der Waals surface area contributed by atoms with Crippen LogP contribution in [0.1, 0.15) is 66.1 Å². The molecule has 292 valence electrons. The van der Waals surface area contributed by atoms with Gasteiger partial charge in [0.2, 0.25) is 5.91 Å². The minimum Gasteiger partial charge on any atom is -0.508 e. The monoisotopic (exact) mass is 761 g/mol. The Morgan fingerprint density at radius 2 is 1.64 bits per heavy atom. The zero-order valence-corrected chi connectivity index (χ0v) is 30.7. The van der Waals surface area contributed by atoms with Crippen molar-refractivity contribution in [2.24, 2.45) is 5.92 Å². The number of amides is 2. The first-order valence-corrected chi connectivity index (χ1v) is 18.3. The van der Waals surface area contributed by atoms with Gasteiger partial charge in [0.1, 0.15) is 11.8 Å². The molecule has 0 saturated carbocycles. The molecule has 6 rings (SSSR count). The molecule has 6 atom stereocenters. The van der Waals surface area contributed by atoms with Crippen LogP contribution in [0.3, 0.4) is 0 Å². The maximum Gasteiger partial charge on any atom is 0.471 e. The van der Waals surface area contributed by atoms with E-state index in [1.165, 1.54) is 0 Å². The molecule has 4 aromatic rings. The van der Waals surface area contributed by atoms with Crippen molar-refractivity contribution < 1.29 is 47.6 Å². The number of carbonyl (C=O) groups is 2. The molecule has 2 aliphatic rings. The smallest absolute Gasteiger partial charge is 0.471 e. The van der Waals surface area contributed by atoms with Crippen LogP contribution in [-0.4, -0.2) is 81.9 Å². The van der Waals surface area contributed by atoms with Gasteiger partial charge in [0.15, 0.2) is 6.29 Å². The number of likely N-dealkylation sites (N-methyl/N-ethyl adjacent to an activating group) is 1. The second-order valence-electron chi connectivity index (χ2n) is 14.4. The Morgan fingerprint density at radius 1 is 0.927 bits per heavy atom. The lowest BCUT2D eigenvalue weighted by atomic mass is 9.89. The third kappa shape index (κ3) is 9.72. The molecule has 4 aromatic carbocycles. The highest BCUT2D eigenvalue weighted by atomic mass is 19.4. The lowest BCUT2D eigenvalue weighted by Gasteiger charge is -2.42. The largest absolute Gasteiger partial charge is 0.508 e. The summed E-state index contributed by atoms with van der Waals surface area (Å²) in [5.74, 6) is -2.65. The van der Waals surface area contributed by atoms with Crippen LogP contribution in [0.25, 0.3) is 11.1 Å². The Hall–Kier alpha value is -4.79. The van der Waals surface area contributed by atoms with Gasteiger partial charge in [0, 0.05) is 37.7 Å². The molecule has 2 heterocycles. The second-order valence-corrected chi connectivity index (χ2v) is 14.4. The summed E-state index contributed by atoms with van der Waals surface area (Å²) < 4.78 is 52.6. The number of nitrogens with zero attached hydrogens (tertiary/aromatic N) is 2. The van der Waals surface area contributed by atoms with Crippen molar-refractivity contribution in [1.82, 2.24) is 15.1 Å². The second kappa shape index (κ2) is 17.3. The first kappa shape index (κ1) is 39.9. The predicted molar refractivity (Wildman–Crippen MR) is 198 cm³/mol. The zero-order chi connectivity index (χ0) is 39.3. The molecule has 2 saturated heterocycles. The van der Waals surface area contributed by atoms with Crippen LogP contribution in [0.15, 0.2) is 97.1 Å². The number of rotatable bonds is 12. The Labute approximate surface area is 318 Å². The van der Waals surface area contributed by atoms with Crippen LogP contribution in [0.5, 0.6) is 5.75 Å². The molecule has 2 fully saturated rings. The van der Waals surface area contributed by atoms with Gasteiger partial charge in [0.05, 0.1) is 24.9 Å². The Morgan fingerprint density at radius 3 is 2.35 bits per heavy atom. The average molecular weight is 762 g/mol. The van der Waals surface area contributed by atoms with E-state index < -0.39 is 36.4 Å². The van der Waals surface area contributed by atoms with Crippen LogP contribution in [0.2, 0.25) is 0 Å². The number of aromatic hydroxyl groups is 1. The molecular formula is C42H46F3N3O7. The van der Waals surface area contributed by atoms with E-state index in [1.54, 1.807) is 30.3 Å². The van der Waals surface area contributed by atoms with Crippen LogP contribution in [0, 0.1) is 5.92 Å². The summed E-state index contributed by atoms with van der Waals surface area (Å²) in [5, 5.41) is 33.2. The van der Waals surface area contributed by atoms with E-state index in [4.69, 9.17) is 9.47 Å². The van der Waals surface area contributed by atoms with Crippen molar-refractivity contribution in [2.75, 3.05) is 26.7 Å². The highest BCUT2D eigenvalue weighted by Crippen LogP contribution is 2.42. The summed E-state index contributed by atoms with van der Waals surface area (Å²) in [6.45, 7) is 2.70. The minimum absolute atomic E-state index is 0.0652. The predicted octanol–water partition coefficient (Wildman–Crippen LogP) is 6.18. The molecule has 0 aromatic heterocycles. The van der Waals surface area contributed by atoms with Gasteiger partial charge < -0.3 is 39.9 Å². The summed E-state index contributed by atoms with van der Waals surface area (Å²) in [6.07, 6.45) is -6.83. The van der Waals surface area contributed by atoms with Gasteiger partial charge in [0.25, 0.3) is 0 Å². The van der Waals surface area contributed by atoms with Crippen LogP contribution < -0.4 is 5.32 Å². The quantitative estimate of drug-likeness (QED) is 0.135. The number of nitrogens with one attached hydrogen (secondary N) is 1. The number of aliphatic hydroxyl groups is 2. The third-order valence-corrected chi connectivity index (χ3v) is 10.3. The zero-order valence-electron chi connectivity index (χ0n) is 30.7. The lowest BCUT2D eigenvalue weighted by Crippen LogP contribution is -2.50. The molecule has 10 nitrogen and oxygen atoms in total. The normalized spacial score (nSPS) is 22.1. The number of alkyl halides is 3. The van der Waals surface area contributed by atoms with Crippen LogP contribution in [-0.2, 0) is 32.2 Å². The van der Waals surface area contributed by atoms with Gasteiger partial charge in [-0.15, -0.1) is 0 Å². The van der Waals surface area contributed by atoms with Crippen molar-refractivity contribution >= 4 is 11.8 Å². The first-order chi connectivity index (χ1) is 26.3. The van der Waals surface area contributed by atoms with Gasteiger partial charge >= 0.3 is 12.1 Å². The molecular weight excluding hydrogens is 715 g/mol. The van der Waals surface area contributed by atoms with Gasteiger partial charge in [-0.25, -0.2) is 0 Å². The van der Waals surface area contributed by atoms with E-state index in [1.807, 2.05) is 78.7 Å². The molecule has 0 radical (unpaired) electrons. The van der Waals surface area contributed by atoms with Crippen molar-refractivity contribution in [3.8, 4) is 16.9 Å². The molecule has 4 N–H and O–H groups in total. The number of ether oxygens (including phenoxy) is 2. The van der Waals surface area contributed by atoms with Gasteiger partial charge in [-0.2, -0.15) is 13.2 Å². The number of aliphatic hydroxyl groups excluding tert-OH is 2. The SMILES string of the molecule is CC1C(CN(C)CC(O)c2cccc(O)c2)OC(c2cccc(-c3cccc(CNC(=O)C4CCCN4C(=O)C(F)(F)F)c3)c2)OC1c1ccc(CO)cc1. The summed E-state index contributed by atoms with van der Waals surface area (Å²) in [4.78, 5) is 27.4. The molecule has 2 amide bonds. The summed E-state index contributed by atoms with van der Waals surface area (Å²) in [6, 6.07) is 28.2. The molecule has 55 heavy (non-hydrogen) atoms. The van der Waals surface area contributed by atoms with Crippen molar-refractivity contribution in [3.63, 3.8) is 0 Å². The van der Waals surface area contributed by atoms with Gasteiger partial charge in [-0.1, -0.05) is 79.7 Å². The standard InChI is InChI=1S/C42H46F3N3O7/c1-26-37(24-47(2)23-36(51)32-10-5-12-34(50)21-32)54-40(55-38(26)29-16-14-27(25-49)15-17-29)33-11-4-9-31(20-33)30-8-3-7-28(19-30)22-46-39(52)35-13-6-18-48(35)41(53)42(43,44)45/h3-5,7-12,14-17,19-21,26,35-38,40,49-51H,6,13,18,22-25H2,1-2H3,(H,46,52). The highest BCUT2D eigenvalue weighted by molar-refractivity contribution is 5.90. The fourth-order valence-electron chi connectivity index (χ4n) is 7.32. The van der Waals surface area contributed by atoms with E-state index in [0.717, 1.165) is 33.4 Å². The summed E-state index contributed by atoms with van der Waals surface area (Å²) in [5.41, 5.74) is 5.49. The molecule has 0 aliphatic carbocycles. The Bertz CT molecular complexity index is 1940. The number of halogens is 3. The van der Waals surface area contributed by atoms with Gasteiger partial charge in [-0.05, 0) is 77.5 Å². The molecule has 13 heteroatoms. The molecule has 0 spiro atoms. The molecule has 6 unspecified atom stereocenters. The number of phenols is 1. The molecule has 0 bridgehead atoms. The minimum atomic E-state index is -5.04. The van der Waals surface area contributed by atoms with E-state index in [0.29, 0.717) is 30.0 Å². The third-order valence-electron chi connectivity index (χ3n) is 10.3. The Kier molecular flexibility index (Phi) is 12.6. The summed E-state index contributed by atoms with van der Waals surface area (Å²) >= 11 is 0. The average Bonchev–Trinajstić information content (AvgIpc) is 3.67. The summed E-state index contributed by atoms with van der Waals surface area (Å²) in [7, 11) is 1.90. The van der Waals surface area contributed by atoms with E-state index in [9.17, 15) is 38.1 Å². The number of hydrogen-bond acceptors (Lipinski definition) is 8. The van der Waals surface area contributed by atoms with Crippen molar-refractivity contribution in [2.45, 2.75) is 69.7 Å². The number of phenolic OH excluding ortho intramolecular Hbond substituents is 1. The topological polar surface area (TPSA) is 132 Å². The number of likely N-dealkylation sites (tertiary alicyclic amines) is 1. The van der Waals surface area contributed by atoms with Crippen molar-refractivity contribution in [1.29, 1.82) is 0 Å². The maximum absolute atomic E-state index is 13.1. The van der Waals surface area contributed by atoms with Crippen LogP contribution >= 0.6 is 0 Å². The lowest BCUT2D eigenvalue weighted by molar-refractivity contribution is -0.276. The Balaban J connectivity index is 1.18. The van der Waals surface area contributed by atoms with Crippen molar-refractivity contribution in [3.05, 3.63) is 125 Å². The first-order valence-electron chi connectivity index (χ1n) is 18.3. The number of carbonyl (C=O) groups excluding carboxylic acids is 2. The number of hydrogen-bond donors (Lipinski definition) is 4.